The Bertz CT molecular complexity index is 1080. The molecule has 164 valence electrons. The molecule has 0 radical (unpaired) electrons. The first kappa shape index (κ1) is 20.3. The van der Waals surface area contributed by atoms with Crippen LogP contribution in [-0.4, -0.2) is 44.8 Å². The van der Waals surface area contributed by atoms with Gasteiger partial charge >= 0.3 is 0 Å². The van der Waals surface area contributed by atoms with E-state index in [9.17, 15) is 9.59 Å². The van der Waals surface area contributed by atoms with Crippen LogP contribution in [-0.2, 0) is 22.6 Å². The number of piperazine rings is 1. The van der Waals surface area contributed by atoms with Gasteiger partial charge in [0.2, 0.25) is 11.8 Å². The van der Waals surface area contributed by atoms with E-state index in [4.69, 9.17) is 0 Å². The van der Waals surface area contributed by atoms with E-state index in [0.29, 0.717) is 12.3 Å². The predicted molar refractivity (Wildman–Crippen MR) is 123 cm³/mol. The Kier molecular flexibility index (Phi) is 4.95. The highest BCUT2D eigenvalue weighted by Gasteiger charge is 2.53. The fourth-order valence-corrected chi connectivity index (χ4v) is 5.94. The monoisotopic (exact) mass is 419 g/mol. The van der Waals surface area contributed by atoms with Gasteiger partial charge in [0.1, 0.15) is 12.1 Å². The second kappa shape index (κ2) is 7.54. The maximum Gasteiger partial charge on any atom is 0.246 e. The number of allylic oxidation sites excluding steroid dienone is 2. The van der Waals surface area contributed by atoms with Gasteiger partial charge < -0.3 is 14.4 Å². The van der Waals surface area contributed by atoms with Gasteiger partial charge in [0.25, 0.3) is 0 Å². The number of carbonyl (C=O) groups excluding carboxylic acids is 2. The molecule has 2 saturated heterocycles. The van der Waals surface area contributed by atoms with E-state index >= 15 is 0 Å². The fraction of sp³-hybridized carbons (Fsp3) is 0.538. The molecule has 2 aromatic rings. The molecule has 3 aliphatic heterocycles. The Hall–Kier alpha value is -2.56. The molecule has 0 bridgehead atoms. The Balaban J connectivity index is 1.72. The lowest BCUT2D eigenvalue weighted by Crippen LogP contribution is -2.65. The number of carbonyl (C=O) groups is 2. The Labute approximate surface area is 184 Å². The summed E-state index contributed by atoms with van der Waals surface area (Å²) in [6.07, 6.45) is 5.49. The Morgan fingerprint density at radius 2 is 1.90 bits per heavy atom. The number of rotatable bonds is 4. The Morgan fingerprint density at radius 1 is 1.13 bits per heavy atom. The van der Waals surface area contributed by atoms with E-state index in [2.05, 4.69) is 62.6 Å². The average Bonchev–Trinajstić information content (AvgIpc) is 3.33. The van der Waals surface area contributed by atoms with Crippen molar-refractivity contribution in [1.29, 1.82) is 0 Å². The third kappa shape index (κ3) is 3.12. The summed E-state index contributed by atoms with van der Waals surface area (Å²) in [5, 5.41) is 1.23. The van der Waals surface area contributed by atoms with E-state index in [0.717, 1.165) is 32.4 Å². The molecule has 0 unspecified atom stereocenters. The molecule has 0 N–H and O–H groups in total. The van der Waals surface area contributed by atoms with E-state index in [1.165, 1.54) is 27.7 Å². The molecule has 1 aromatic heterocycles. The minimum absolute atomic E-state index is 0.0501. The maximum atomic E-state index is 13.7. The smallest absolute Gasteiger partial charge is 0.246 e. The maximum absolute atomic E-state index is 13.7. The van der Waals surface area contributed by atoms with Crippen LogP contribution in [0.25, 0.3) is 10.9 Å². The zero-order valence-electron chi connectivity index (χ0n) is 19.1. The quantitative estimate of drug-likeness (QED) is 0.687. The molecule has 5 heteroatoms. The summed E-state index contributed by atoms with van der Waals surface area (Å²) in [7, 11) is 0. The molecule has 3 atom stereocenters. The molecule has 2 fully saturated rings. The van der Waals surface area contributed by atoms with Crippen molar-refractivity contribution in [3.05, 3.63) is 47.2 Å². The van der Waals surface area contributed by atoms with Crippen molar-refractivity contribution in [2.75, 3.05) is 6.54 Å². The third-order valence-electron chi connectivity index (χ3n) is 7.24. The summed E-state index contributed by atoms with van der Waals surface area (Å²) in [6, 6.07) is 7.87. The molecule has 5 rings (SSSR count). The highest BCUT2D eigenvalue weighted by atomic mass is 16.2. The lowest BCUT2D eigenvalue weighted by Gasteiger charge is -2.49. The van der Waals surface area contributed by atoms with Crippen molar-refractivity contribution in [3.63, 3.8) is 0 Å². The van der Waals surface area contributed by atoms with Crippen molar-refractivity contribution in [2.24, 2.45) is 5.92 Å². The van der Waals surface area contributed by atoms with Gasteiger partial charge in [0.05, 0.1) is 6.04 Å². The summed E-state index contributed by atoms with van der Waals surface area (Å²) in [4.78, 5) is 31.1. The molecule has 0 spiro atoms. The fourth-order valence-electron chi connectivity index (χ4n) is 5.94. The van der Waals surface area contributed by atoms with Crippen LogP contribution in [0.3, 0.4) is 0 Å². The highest BCUT2D eigenvalue weighted by Crippen LogP contribution is 2.45. The van der Waals surface area contributed by atoms with Gasteiger partial charge in [-0.2, -0.15) is 0 Å². The van der Waals surface area contributed by atoms with Gasteiger partial charge in [0.15, 0.2) is 0 Å². The van der Waals surface area contributed by atoms with E-state index in [-0.39, 0.29) is 29.9 Å². The van der Waals surface area contributed by atoms with Crippen molar-refractivity contribution >= 4 is 22.7 Å². The van der Waals surface area contributed by atoms with Gasteiger partial charge in [-0.1, -0.05) is 43.7 Å². The van der Waals surface area contributed by atoms with Crippen LogP contribution in [0, 0.1) is 5.92 Å². The summed E-state index contributed by atoms with van der Waals surface area (Å²) in [5.74, 6) is 0.746. The standard InChI is InChI=1S/C26H33N3O2/c1-16(2)11-13-27-20-9-6-5-8-18(20)19-15-23-25(30)28-12-7-10-21(28)26(31)29(23)22(24(19)27)14-17(3)4/h5-6,8-9,11,17,21-23H,7,10,12-15H2,1-4H3/t21-,22-,23-/m0/s1. The number of fused-ring (bicyclic) bond motifs is 5. The lowest BCUT2D eigenvalue weighted by molar-refractivity contribution is -0.163. The molecular weight excluding hydrogens is 386 g/mol. The third-order valence-corrected chi connectivity index (χ3v) is 7.24. The predicted octanol–water partition coefficient (Wildman–Crippen LogP) is 4.45. The van der Waals surface area contributed by atoms with Gasteiger partial charge in [-0.15, -0.1) is 0 Å². The van der Waals surface area contributed by atoms with E-state index in [1.807, 2.05) is 9.80 Å². The molecule has 4 heterocycles. The summed E-state index contributed by atoms with van der Waals surface area (Å²) in [5.41, 5.74) is 5.00. The van der Waals surface area contributed by atoms with Gasteiger partial charge in [0, 0.05) is 36.1 Å². The van der Waals surface area contributed by atoms with Crippen molar-refractivity contribution in [1.82, 2.24) is 14.4 Å². The van der Waals surface area contributed by atoms with Crippen LogP contribution in [0.1, 0.15) is 64.3 Å². The van der Waals surface area contributed by atoms with Gasteiger partial charge in [-0.05, 0) is 50.7 Å². The van der Waals surface area contributed by atoms with E-state index < -0.39 is 0 Å². The van der Waals surface area contributed by atoms with Crippen LogP contribution in [0.2, 0.25) is 0 Å². The first-order valence-electron chi connectivity index (χ1n) is 11.7. The molecule has 31 heavy (non-hydrogen) atoms. The number of amides is 2. The zero-order chi connectivity index (χ0) is 21.9. The van der Waals surface area contributed by atoms with Crippen LogP contribution >= 0.6 is 0 Å². The topological polar surface area (TPSA) is 45.6 Å². The van der Waals surface area contributed by atoms with E-state index in [1.54, 1.807) is 0 Å². The lowest BCUT2D eigenvalue weighted by atomic mass is 9.84. The van der Waals surface area contributed by atoms with Crippen molar-refractivity contribution < 1.29 is 9.59 Å². The minimum Gasteiger partial charge on any atom is -0.338 e. The number of hydrogen-bond acceptors (Lipinski definition) is 2. The summed E-state index contributed by atoms with van der Waals surface area (Å²) < 4.78 is 2.40. The number of nitrogens with zero attached hydrogens (tertiary/aromatic N) is 3. The normalized spacial score (nSPS) is 25.1. The number of hydrogen-bond donors (Lipinski definition) is 0. The molecule has 0 saturated carbocycles. The molecule has 0 aliphatic carbocycles. The molecule has 1 aromatic carbocycles. The molecule has 3 aliphatic rings. The van der Waals surface area contributed by atoms with Crippen molar-refractivity contribution in [3.8, 4) is 0 Å². The van der Waals surface area contributed by atoms with Crippen LogP contribution in [0.5, 0.6) is 0 Å². The van der Waals surface area contributed by atoms with Crippen molar-refractivity contribution in [2.45, 2.75) is 78.0 Å². The molecule has 2 amide bonds. The van der Waals surface area contributed by atoms with Crippen LogP contribution < -0.4 is 0 Å². The zero-order valence-corrected chi connectivity index (χ0v) is 19.1. The number of para-hydroxylation sites is 1. The average molecular weight is 420 g/mol. The second-order valence-corrected chi connectivity index (χ2v) is 10.1. The number of benzene rings is 1. The first-order valence-corrected chi connectivity index (χ1v) is 11.7. The second-order valence-electron chi connectivity index (χ2n) is 10.1. The number of aromatic nitrogens is 1. The SMILES string of the molecule is CC(C)=CCn1c2c(c3ccccc31)C[C@H]1C(=O)N3CCC[C@H]3C(=O)N1[C@H]2CC(C)C. The van der Waals surface area contributed by atoms with Gasteiger partial charge in [-0.3, -0.25) is 9.59 Å². The largest absolute Gasteiger partial charge is 0.338 e. The summed E-state index contributed by atoms with van der Waals surface area (Å²) >= 11 is 0. The molecule has 5 nitrogen and oxygen atoms in total. The molecular formula is C26H33N3O2. The Morgan fingerprint density at radius 3 is 2.65 bits per heavy atom. The highest BCUT2D eigenvalue weighted by molar-refractivity contribution is 5.99. The summed E-state index contributed by atoms with van der Waals surface area (Å²) in [6.45, 7) is 10.2. The first-order chi connectivity index (χ1) is 14.9. The van der Waals surface area contributed by atoms with Gasteiger partial charge in [-0.25, -0.2) is 0 Å². The van der Waals surface area contributed by atoms with Crippen LogP contribution in [0.15, 0.2) is 35.9 Å². The minimum atomic E-state index is -0.360. The van der Waals surface area contributed by atoms with Crippen LogP contribution in [0.4, 0.5) is 0 Å².